The lowest BCUT2D eigenvalue weighted by molar-refractivity contribution is -0.137. The lowest BCUT2D eigenvalue weighted by Crippen LogP contribution is -2.53. The molecule has 1 aliphatic heterocycles. The molecule has 0 radical (unpaired) electrons. The highest BCUT2D eigenvalue weighted by Crippen LogP contribution is 2.30. The molecule has 1 unspecified atom stereocenters. The molecule has 2 aromatic carbocycles. The molecule has 3 aromatic rings. The van der Waals surface area contributed by atoms with E-state index in [9.17, 15) is 24.0 Å². The van der Waals surface area contributed by atoms with Gasteiger partial charge >= 0.3 is 6.09 Å². The zero-order valence-corrected chi connectivity index (χ0v) is 24.5. The first-order chi connectivity index (χ1) is 20.0. The van der Waals surface area contributed by atoms with Crippen molar-refractivity contribution in [2.24, 2.45) is 0 Å². The molecular weight excluding hydrogens is 564 g/mol. The summed E-state index contributed by atoms with van der Waals surface area (Å²) in [6, 6.07) is 8.75. The number of imide groups is 1. The molecule has 222 valence electrons. The number of amides is 4. The number of carbonyl (C=O) groups is 5. The highest BCUT2D eigenvalue weighted by atomic mass is 35.5. The van der Waals surface area contributed by atoms with Crippen LogP contribution >= 0.6 is 11.6 Å². The van der Waals surface area contributed by atoms with Crippen LogP contribution in [0.3, 0.4) is 0 Å². The molecule has 2 N–H and O–H groups in total. The third kappa shape index (κ3) is 6.62. The second-order valence-electron chi connectivity index (χ2n) is 10.6. The van der Waals surface area contributed by atoms with E-state index in [4.69, 9.17) is 20.9 Å². The van der Waals surface area contributed by atoms with Gasteiger partial charge in [-0.3, -0.25) is 19.2 Å². The summed E-state index contributed by atoms with van der Waals surface area (Å²) in [5.41, 5.74) is -1.20. The lowest BCUT2D eigenvalue weighted by Gasteiger charge is -2.22. The van der Waals surface area contributed by atoms with Gasteiger partial charge in [0.25, 0.3) is 17.7 Å². The Kier molecular flexibility index (Phi) is 9.62. The van der Waals surface area contributed by atoms with E-state index in [1.165, 1.54) is 51.3 Å². The van der Waals surface area contributed by atoms with Crippen LogP contribution in [0, 0.1) is 0 Å². The van der Waals surface area contributed by atoms with Gasteiger partial charge in [-0.2, -0.15) is 0 Å². The molecule has 0 spiro atoms. The predicted octanol–water partition coefficient (Wildman–Crippen LogP) is 5.52. The minimum Gasteiger partial charge on any atom is -0.433 e. The standard InChI is InChI=1S/C30H33ClN4O7/c1-4-5-6-7-8-11-16-32-26(37)18-14-15-21(20(31)17-18)33-27(38)24(35-28(39)30(2,3)41-29(35)40)25(36)23-19-12-9-10-13-22(19)42-34-23/h9-10,12-15,17,24H,4-8,11,16H2,1-3H3,(H,32,37)(H,33,38). The van der Waals surface area contributed by atoms with Crippen LogP contribution in [0.4, 0.5) is 10.5 Å². The minimum absolute atomic E-state index is 0.0179. The van der Waals surface area contributed by atoms with Crippen molar-refractivity contribution in [3.63, 3.8) is 0 Å². The topological polar surface area (TPSA) is 148 Å². The number of nitrogens with zero attached hydrogens (tertiary/aromatic N) is 2. The molecule has 1 atom stereocenters. The summed E-state index contributed by atoms with van der Waals surface area (Å²) >= 11 is 6.39. The van der Waals surface area contributed by atoms with Crippen molar-refractivity contribution in [2.45, 2.75) is 70.9 Å². The minimum atomic E-state index is -1.98. The number of benzene rings is 2. The van der Waals surface area contributed by atoms with Crippen LogP contribution in [0.5, 0.6) is 0 Å². The average Bonchev–Trinajstić information content (AvgIpc) is 3.47. The number of carbonyl (C=O) groups excluding carboxylic acids is 5. The summed E-state index contributed by atoms with van der Waals surface area (Å²) in [4.78, 5) is 66.1. The van der Waals surface area contributed by atoms with Crippen LogP contribution in [0.2, 0.25) is 5.02 Å². The van der Waals surface area contributed by atoms with Crippen LogP contribution in [-0.4, -0.2) is 57.8 Å². The van der Waals surface area contributed by atoms with Gasteiger partial charge in [-0.25, -0.2) is 9.69 Å². The Morgan fingerprint density at radius 1 is 1.02 bits per heavy atom. The Labute approximate surface area is 247 Å². The Balaban J connectivity index is 1.52. The van der Waals surface area contributed by atoms with Crippen molar-refractivity contribution >= 4 is 57.9 Å². The van der Waals surface area contributed by atoms with Crippen molar-refractivity contribution in [1.29, 1.82) is 0 Å². The van der Waals surface area contributed by atoms with E-state index in [0.29, 0.717) is 16.8 Å². The molecular formula is C30H33ClN4O7. The molecule has 42 heavy (non-hydrogen) atoms. The number of aromatic nitrogens is 1. The molecule has 4 rings (SSSR count). The van der Waals surface area contributed by atoms with Crippen LogP contribution in [0.1, 0.15) is 80.1 Å². The van der Waals surface area contributed by atoms with Gasteiger partial charge in [0.2, 0.25) is 5.78 Å². The van der Waals surface area contributed by atoms with Gasteiger partial charge in [-0.15, -0.1) is 0 Å². The number of anilines is 1. The van der Waals surface area contributed by atoms with Gasteiger partial charge in [0.15, 0.2) is 22.9 Å². The maximum absolute atomic E-state index is 13.7. The molecule has 1 aromatic heterocycles. The summed E-state index contributed by atoms with van der Waals surface area (Å²) in [5, 5.41) is 9.47. The molecule has 0 saturated carbocycles. The fourth-order valence-corrected chi connectivity index (χ4v) is 4.85. The van der Waals surface area contributed by atoms with Gasteiger partial charge in [-0.1, -0.05) is 67.9 Å². The maximum atomic E-state index is 13.7. The van der Waals surface area contributed by atoms with E-state index < -0.39 is 35.3 Å². The fourth-order valence-electron chi connectivity index (χ4n) is 4.62. The molecule has 11 nitrogen and oxygen atoms in total. The number of nitrogens with one attached hydrogen (secondary N) is 2. The molecule has 4 amide bonds. The van der Waals surface area contributed by atoms with Crippen molar-refractivity contribution in [3.8, 4) is 0 Å². The highest BCUT2D eigenvalue weighted by Gasteiger charge is 2.54. The third-order valence-electron chi connectivity index (χ3n) is 6.94. The number of unbranched alkanes of at least 4 members (excludes halogenated alkanes) is 5. The van der Waals surface area contributed by atoms with Crippen molar-refractivity contribution in [1.82, 2.24) is 15.4 Å². The largest absolute Gasteiger partial charge is 0.433 e. The van der Waals surface area contributed by atoms with Crippen molar-refractivity contribution < 1.29 is 33.2 Å². The number of rotatable bonds is 13. The SMILES string of the molecule is CCCCCCCCNC(=O)c1ccc(NC(=O)C(C(=O)c2noc3ccccc23)N2C(=O)OC(C)(C)C2=O)c(Cl)c1. The molecule has 2 heterocycles. The zero-order valence-electron chi connectivity index (χ0n) is 23.7. The van der Waals surface area contributed by atoms with Crippen LogP contribution in [0.25, 0.3) is 11.0 Å². The van der Waals surface area contributed by atoms with Gasteiger partial charge < -0.3 is 19.9 Å². The first-order valence-electron chi connectivity index (χ1n) is 13.9. The van der Waals surface area contributed by atoms with E-state index >= 15 is 0 Å². The van der Waals surface area contributed by atoms with E-state index in [0.717, 1.165) is 19.3 Å². The smallest absolute Gasteiger partial charge is 0.418 e. The average molecular weight is 597 g/mol. The van der Waals surface area contributed by atoms with E-state index in [-0.39, 0.29) is 33.5 Å². The fraction of sp³-hybridized carbons (Fsp3) is 0.400. The number of ether oxygens (including phenoxy) is 1. The number of para-hydroxylation sites is 1. The second kappa shape index (κ2) is 13.2. The zero-order chi connectivity index (χ0) is 30.4. The number of hydrogen-bond donors (Lipinski definition) is 2. The highest BCUT2D eigenvalue weighted by molar-refractivity contribution is 6.34. The number of halogens is 1. The lowest BCUT2D eigenvalue weighted by atomic mass is 10.0. The van der Waals surface area contributed by atoms with E-state index in [2.05, 4.69) is 22.7 Å². The molecule has 1 aliphatic rings. The number of hydrogen-bond acceptors (Lipinski definition) is 8. The number of Topliss-reactive ketones (excluding diaryl/α,β-unsaturated/α-hetero) is 1. The Morgan fingerprint density at radius 3 is 2.43 bits per heavy atom. The van der Waals surface area contributed by atoms with Crippen LogP contribution < -0.4 is 10.6 Å². The van der Waals surface area contributed by atoms with Gasteiger partial charge in [0, 0.05) is 12.1 Å². The Hall–Kier alpha value is -4.25. The van der Waals surface area contributed by atoms with Gasteiger partial charge in [-0.05, 0) is 50.6 Å². The van der Waals surface area contributed by atoms with Crippen LogP contribution in [0.15, 0.2) is 47.0 Å². The van der Waals surface area contributed by atoms with Crippen molar-refractivity contribution in [3.05, 3.63) is 58.7 Å². The Morgan fingerprint density at radius 2 is 1.74 bits per heavy atom. The second-order valence-corrected chi connectivity index (χ2v) is 11.0. The summed E-state index contributed by atoms with van der Waals surface area (Å²) in [6.45, 7) is 5.39. The monoisotopic (exact) mass is 596 g/mol. The van der Waals surface area contributed by atoms with E-state index in [1.807, 2.05) is 0 Å². The number of fused-ring (bicyclic) bond motifs is 1. The summed E-state index contributed by atoms with van der Waals surface area (Å²) in [6.07, 6.45) is 5.41. The quantitative estimate of drug-likeness (QED) is 0.149. The van der Waals surface area contributed by atoms with Crippen molar-refractivity contribution in [2.75, 3.05) is 11.9 Å². The molecule has 0 aliphatic carbocycles. The molecule has 12 heteroatoms. The molecule has 1 saturated heterocycles. The first-order valence-corrected chi connectivity index (χ1v) is 14.3. The maximum Gasteiger partial charge on any atom is 0.418 e. The molecule has 1 fully saturated rings. The predicted molar refractivity (Wildman–Crippen MR) is 155 cm³/mol. The first kappa shape index (κ1) is 30.7. The Bertz CT molecular complexity index is 1520. The summed E-state index contributed by atoms with van der Waals surface area (Å²) in [5.74, 6) is -3.18. The normalized spacial score (nSPS) is 15.0. The number of ketones is 1. The molecule has 0 bridgehead atoms. The van der Waals surface area contributed by atoms with Gasteiger partial charge in [0.1, 0.15) is 0 Å². The third-order valence-corrected chi connectivity index (χ3v) is 7.26. The van der Waals surface area contributed by atoms with E-state index in [1.54, 1.807) is 24.3 Å². The van der Waals surface area contributed by atoms with Crippen LogP contribution in [-0.2, 0) is 14.3 Å². The van der Waals surface area contributed by atoms with Gasteiger partial charge in [0.05, 0.1) is 16.1 Å². The number of cyclic esters (lactones) is 1. The summed E-state index contributed by atoms with van der Waals surface area (Å²) in [7, 11) is 0. The summed E-state index contributed by atoms with van der Waals surface area (Å²) < 4.78 is 10.3.